The summed E-state index contributed by atoms with van der Waals surface area (Å²) < 4.78 is 49.6. The molecule has 1 aromatic carbocycles. The molecule has 0 radical (unpaired) electrons. The van der Waals surface area contributed by atoms with E-state index in [1.165, 1.54) is 21.9 Å². The van der Waals surface area contributed by atoms with Crippen LogP contribution in [0.1, 0.15) is 39.0 Å². The van der Waals surface area contributed by atoms with Crippen molar-refractivity contribution in [2.75, 3.05) is 13.4 Å². The molecule has 0 unspecified atom stereocenters. The average molecular weight is 571 g/mol. The molecule has 3 aromatic rings. The lowest BCUT2D eigenvalue weighted by Crippen LogP contribution is -2.49. The lowest BCUT2D eigenvalue weighted by Gasteiger charge is -2.34. The quantitative estimate of drug-likeness (QED) is 0.319. The minimum absolute atomic E-state index is 0.00827. The highest BCUT2D eigenvalue weighted by atomic mass is 19.1. The predicted octanol–water partition coefficient (Wildman–Crippen LogP) is 2.34. The lowest BCUT2D eigenvalue weighted by atomic mass is 10.1. The fourth-order valence-electron chi connectivity index (χ4n) is 4.49. The third-order valence-corrected chi connectivity index (χ3v) is 6.49. The molecule has 2 aliphatic rings. The number of aromatic nitrogens is 2. The zero-order valence-corrected chi connectivity index (χ0v) is 21.7. The Morgan fingerprint density at radius 3 is 2.76 bits per heavy atom. The molecule has 0 spiro atoms. The molecule has 41 heavy (non-hydrogen) atoms. The summed E-state index contributed by atoms with van der Waals surface area (Å²) in [6, 6.07) is 7.63. The topological polar surface area (TPSA) is 138 Å². The van der Waals surface area contributed by atoms with Crippen LogP contribution in [0.25, 0.3) is 0 Å². The number of amides is 2. The first kappa shape index (κ1) is 27.7. The summed E-state index contributed by atoms with van der Waals surface area (Å²) in [6.07, 6.45) is 0.955. The fraction of sp³-hybridized carbons (Fsp3) is 0.296. The summed E-state index contributed by atoms with van der Waals surface area (Å²) in [7, 11) is 0. The minimum Gasteiger partial charge on any atom is -0.451 e. The number of nitrogens with zero attached hydrogens (tertiary/aromatic N) is 3. The molecule has 0 aliphatic carbocycles. The molecule has 2 amide bonds. The van der Waals surface area contributed by atoms with E-state index >= 15 is 0 Å². The van der Waals surface area contributed by atoms with Gasteiger partial charge in [0.2, 0.25) is 18.0 Å². The van der Waals surface area contributed by atoms with Gasteiger partial charge in [-0.2, -0.15) is 0 Å². The van der Waals surface area contributed by atoms with E-state index in [-0.39, 0.29) is 43.6 Å². The average Bonchev–Trinajstić information content (AvgIpc) is 3.33. The van der Waals surface area contributed by atoms with Gasteiger partial charge in [0, 0.05) is 30.6 Å². The lowest BCUT2D eigenvalue weighted by molar-refractivity contribution is -0.00416. The van der Waals surface area contributed by atoms with Crippen LogP contribution in [0, 0.1) is 11.6 Å². The van der Waals surface area contributed by atoms with Gasteiger partial charge in [0.1, 0.15) is 23.8 Å². The summed E-state index contributed by atoms with van der Waals surface area (Å²) in [4.78, 5) is 57.3. The van der Waals surface area contributed by atoms with E-state index in [9.17, 15) is 28.0 Å². The number of fused-ring (bicyclic) bond motifs is 2. The summed E-state index contributed by atoms with van der Waals surface area (Å²) >= 11 is 0. The van der Waals surface area contributed by atoms with E-state index < -0.39 is 59.4 Å². The number of nitrogens with one attached hydrogen (secondary N) is 1. The molecule has 12 nitrogen and oxygen atoms in total. The molecule has 0 bridgehead atoms. The standard InChI is InChI=1S/C27H24F2N4O8/c1-15-12-38-21-11-32-10-19(25(35)31-9-16-5-6-17(28)8-20(16)29)23(34)24(22(32)26(36)33(15)21)40-14-41-27(37)39-13-18-4-2-3-7-30-18/h2-8,10,15,21H,9,11-14H2,1H3,(H,31,35)/t15-,21+/m0/s1. The van der Waals surface area contributed by atoms with Crippen LogP contribution in [0.3, 0.4) is 0 Å². The van der Waals surface area contributed by atoms with Gasteiger partial charge in [-0.1, -0.05) is 12.1 Å². The normalized spacial score (nSPS) is 17.4. The van der Waals surface area contributed by atoms with Crippen molar-refractivity contribution >= 4 is 18.0 Å². The van der Waals surface area contributed by atoms with Gasteiger partial charge in [0.25, 0.3) is 11.8 Å². The highest BCUT2D eigenvalue weighted by Gasteiger charge is 2.43. The minimum atomic E-state index is -1.12. The summed E-state index contributed by atoms with van der Waals surface area (Å²) in [5, 5.41) is 2.41. The van der Waals surface area contributed by atoms with Crippen molar-refractivity contribution in [2.45, 2.75) is 38.9 Å². The third kappa shape index (κ3) is 5.87. The number of pyridine rings is 2. The molecule has 214 valence electrons. The number of benzene rings is 1. The van der Waals surface area contributed by atoms with Crippen molar-refractivity contribution in [1.82, 2.24) is 19.8 Å². The van der Waals surface area contributed by atoms with E-state index in [1.807, 2.05) is 0 Å². The molecule has 2 aromatic heterocycles. The highest BCUT2D eigenvalue weighted by molar-refractivity contribution is 5.99. The molecule has 4 heterocycles. The third-order valence-electron chi connectivity index (χ3n) is 6.49. The molecular formula is C27H24F2N4O8. The smallest absolute Gasteiger partial charge is 0.451 e. The molecule has 0 saturated carbocycles. The maximum Gasteiger partial charge on any atom is 0.511 e. The molecule has 14 heteroatoms. The van der Waals surface area contributed by atoms with Crippen LogP contribution in [-0.2, 0) is 33.9 Å². The number of ether oxygens (including phenoxy) is 4. The number of carbonyl (C=O) groups excluding carboxylic acids is 3. The van der Waals surface area contributed by atoms with Gasteiger partial charge in [0.15, 0.2) is 11.9 Å². The largest absolute Gasteiger partial charge is 0.511 e. The van der Waals surface area contributed by atoms with Crippen LogP contribution in [0.5, 0.6) is 5.75 Å². The van der Waals surface area contributed by atoms with E-state index in [0.717, 1.165) is 12.1 Å². The van der Waals surface area contributed by atoms with Gasteiger partial charge in [-0.3, -0.25) is 19.4 Å². The van der Waals surface area contributed by atoms with Crippen LogP contribution in [0.4, 0.5) is 13.6 Å². The summed E-state index contributed by atoms with van der Waals surface area (Å²) in [5.74, 6) is -3.65. The van der Waals surface area contributed by atoms with Gasteiger partial charge >= 0.3 is 6.16 Å². The molecular weight excluding hydrogens is 546 g/mol. The van der Waals surface area contributed by atoms with Crippen LogP contribution in [-0.4, -0.2) is 58.1 Å². The molecule has 1 saturated heterocycles. The van der Waals surface area contributed by atoms with Crippen molar-refractivity contribution in [3.05, 3.63) is 93.2 Å². The second kappa shape index (κ2) is 11.7. The number of halogens is 2. The maximum atomic E-state index is 14.0. The molecule has 1 fully saturated rings. The Hall–Kier alpha value is -4.85. The number of hydrogen-bond acceptors (Lipinski definition) is 9. The fourth-order valence-corrected chi connectivity index (χ4v) is 4.49. The summed E-state index contributed by atoms with van der Waals surface area (Å²) in [6.45, 7) is 0.814. The number of hydrogen-bond donors (Lipinski definition) is 1. The SMILES string of the molecule is C[C@H]1CO[C@@H]2Cn3cc(C(=O)NCc4ccc(F)cc4F)c(=O)c(OCOC(=O)OCc4ccccn4)c3C(=O)N12. The summed E-state index contributed by atoms with van der Waals surface area (Å²) in [5.41, 5.74) is -1.07. The Bertz CT molecular complexity index is 1550. The van der Waals surface area contributed by atoms with E-state index in [2.05, 4.69) is 10.3 Å². The Balaban J connectivity index is 1.36. The zero-order valence-electron chi connectivity index (χ0n) is 21.7. The molecule has 5 rings (SSSR count). The Labute approximate surface area is 231 Å². The molecule has 1 N–H and O–H groups in total. The Kier molecular flexibility index (Phi) is 7.92. The maximum absolute atomic E-state index is 14.0. The monoisotopic (exact) mass is 570 g/mol. The van der Waals surface area contributed by atoms with Gasteiger partial charge in [-0.25, -0.2) is 13.6 Å². The van der Waals surface area contributed by atoms with Crippen molar-refractivity contribution in [1.29, 1.82) is 0 Å². The predicted molar refractivity (Wildman–Crippen MR) is 135 cm³/mol. The van der Waals surface area contributed by atoms with Crippen molar-refractivity contribution in [3.8, 4) is 5.75 Å². The number of carbonyl (C=O) groups is 3. The molecule has 2 aliphatic heterocycles. The highest BCUT2D eigenvalue weighted by Crippen LogP contribution is 2.30. The van der Waals surface area contributed by atoms with Crippen LogP contribution < -0.4 is 15.5 Å². The van der Waals surface area contributed by atoms with Gasteiger partial charge < -0.3 is 33.7 Å². The Morgan fingerprint density at radius 1 is 1.17 bits per heavy atom. The zero-order chi connectivity index (χ0) is 29.1. The van der Waals surface area contributed by atoms with Gasteiger partial charge in [-0.05, 0) is 25.1 Å². The van der Waals surface area contributed by atoms with E-state index in [1.54, 1.807) is 25.1 Å². The van der Waals surface area contributed by atoms with Crippen molar-refractivity contribution < 1.29 is 42.1 Å². The second-order valence-corrected chi connectivity index (χ2v) is 9.24. The van der Waals surface area contributed by atoms with Crippen molar-refractivity contribution in [3.63, 3.8) is 0 Å². The van der Waals surface area contributed by atoms with Crippen molar-refractivity contribution in [2.24, 2.45) is 0 Å². The number of rotatable bonds is 8. The first-order valence-electron chi connectivity index (χ1n) is 12.5. The van der Waals surface area contributed by atoms with Gasteiger partial charge in [0.05, 0.1) is 24.9 Å². The van der Waals surface area contributed by atoms with Gasteiger partial charge in [-0.15, -0.1) is 0 Å². The van der Waals surface area contributed by atoms with Crippen LogP contribution in [0.2, 0.25) is 0 Å². The first-order valence-corrected chi connectivity index (χ1v) is 12.5. The second-order valence-electron chi connectivity index (χ2n) is 9.24. The Morgan fingerprint density at radius 2 is 2.00 bits per heavy atom. The first-order chi connectivity index (χ1) is 19.7. The van der Waals surface area contributed by atoms with E-state index in [4.69, 9.17) is 18.9 Å². The van der Waals surface area contributed by atoms with Crippen LogP contribution >= 0.6 is 0 Å². The molecule has 2 atom stereocenters. The van der Waals surface area contributed by atoms with E-state index in [0.29, 0.717) is 11.8 Å². The van der Waals surface area contributed by atoms with Crippen LogP contribution in [0.15, 0.2) is 53.6 Å².